The Kier molecular flexibility index (Phi) is 11.1. The van der Waals surface area contributed by atoms with Crippen molar-refractivity contribution in [3.8, 4) is 11.1 Å². The lowest BCUT2D eigenvalue weighted by Gasteiger charge is -2.29. The van der Waals surface area contributed by atoms with Crippen molar-refractivity contribution in [3.05, 3.63) is 59.7 Å². The molecular formula is C31H43FO2. The number of carbonyl (C=O) groups excluding carboxylic acids is 1. The Labute approximate surface area is 206 Å². The summed E-state index contributed by atoms with van der Waals surface area (Å²) in [5, 5.41) is 0. The second-order valence-electron chi connectivity index (χ2n) is 10.0. The van der Waals surface area contributed by atoms with Crippen LogP contribution in [0.1, 0.15) is 108 Å². The zero-order valence-corrected chi connectivity index (χ0v) is 21.2. The van der Waals surface area contributed by atoms with Crippen LogP contribution in [0.2, 0.25) is 0 Å². The maximum Gasteiger partial charge on any atom is 0.340 e. The third-order valence-corrected chi connectivity index (χ3v) is 7.26. The van der Waals surface area contributed by atoms with Crippen LogP contribution in [0.15, 0.2) is 48.5 Å². The van der Waals surface area contributed by atoms with Gasteiger partial charge in [0, 0.05) is 0 Å². The van der Waals surface area contributed by atoms with Crippen molar-refractivity contribution in [1.29, 1.82) is 0 Å². The minimum atomic E-state index is -1.47. The summed E-state index contributed by atoms with van der Waals surface area (Å²) in [5.41, 5.74) is 5.30. The molecule has 3 rings (SSSR count). The Morgan fingerprint density at radius 2 is 1.41 bits per heavy atom. The number of hydrogen-bond donors (Lipinski definition) is 0. The van der Waals surface area contributed by atoms with Gasteiger partial charge in [-0.25, -0.2) is 9.18 Å². The summed E-state index contributed by atoms with van der Waals surface area (Å²) in [4.78, 5) is 12.0. The number of hydrogen-bond acceptors (Lipinski definition) is 2. The van der Waals surface area contributed by atoms with E-state index in [1.807, 2.05) is 6.92 Å². The molecule has 0 amide bonds. The number of aryl methyl sites for hydroxylation is 1. The Morgan fingerprint density at radius 3 is 2.03 bits per heavy atom. The fourth-order valence-electron chi connectivity index (χ4n) is 5.00. The monoisotopic (exact) mass is 466 g/mol. The molecule has 0 N–H and O–H groups in total. The van der Waals surface area contributed by atoms with Crippen LogP contribution in [0.4, 0.5) is 4.39 Å². The maximum absolute atomic E-state index is 13.9. The van der Waals surface area contributed by atoms with Crippen molar-refractivity contribution in [1.82, 2.24) is 0 Å². The molecule has 1 atom stereocenters. The van der Waals surface area contributed by atoms with Crippen LogP contribution >= 0.6 is 0 Å². The zero-order chi connectivity index (χ0) is 24.2. The molecule has 2 nitrogen and oxygen atoms in total. The lowest BCUT2D eigenvalue weighted by Crippen LogP contribution is -2.28. The molecule has 0 heterocycles. The number of halogens is 1. The summed E-state index contributed by atoms with van der Waals surface area (Å²) < 4.78 is 19.3. The number of rotatable bonds is 13. The second-order valence-corrected chi connectivity index (χ2v) is 10.0. The van der Waals surface area contributed by atoms with Gasteiger partial charge in [-0.15, -0.1) is 0 Å². The van der Waals surface area contributed by atoms with Crippen molar-refractivity contribution in [2.45, 2.75) is 116 Å². The number of carbonyl (C=O) groups is 1. The molecule has 1 aliphatic carbocycles. The Morgan fingerprint density at radius 1 is 0.824 bits per heavy atom. The predicted molar refractivity (Wildman–Crippen MR) is 140 cm³/mol. The molecule has 0 aliphatic heterocycles. The van der Waals surface area contributed by atoms with Gasteiger partial charge in [0.15, 0.2) is 6.17 Å². The van der Waals surface area contributed by atoms with E-state index >= 15 is 0 Å². The summed E-state index contributed by atoms with van der Waals surface area (Å²) in [7, 11) is 0. The number of alkyl halides is 1. The summed E-state index contributed by atoms with van der Waals surface area (Å²) in [6, 6.07) is 18.0. The average Bonchev–Trinajstić information content (AvgIpc) is 2.88. The molecule has 0 radical (unpaired) electrons. The third-order valence-electron chi connectivity index (χ3n) is 7.26. The van der Waals surface area contributed by atoms with Crippen LogP contribution in [0, 0.1) is 0 Å². The summed E-state index contributed by atoms with van der Waals surface area (Å²) in [6.07, 6.45) is 11.7. The van der Waals surface area contributed by atoms with Gasteiger partial charge in [0.2, 0.25) is 0 Å². The predicted octanol–water partition coefficient (Wildman–Crippen LogP) is 8.96. The second kappa shape index (κ2) is 14.3. The highest BCUT2D eigenvalue weighted by Gasteiger charge is 2.27. The topological polar surface area (TPSA) is 26.3 Å². The number of ether oxygens (including phenoxy) is 1. The van der Waals surface area contributed by atoms with Gasteiger partial charge in [0.05, 0.1) is 0 Å². The van der Waals surface area contributed by atoms with Gasteiger partial charge in [-0.3, -0.25) is 0 Å². The summed E-state index contributed by atoms with van der Waals surface area (Å²) >= 11 is 0. The number of esters is 1. The SMILES string of the molecule is CCCCCCCc1ccc(-c2ccc(C3CCC(OC(=O)[C@@H](F)CCCC)CC3)cc2)cc1. The van der Waals surface area contributed by atoms with Crippen molar-refractivity contribution < 1.29 is 13.9 Å². The van der Waals surface area contributed by atoms with Crippen LogP contribution < -0.4 is 0 Å². The quantitative estimate of drug-likeness (QED) is 0.217. The van der Waals surface area contributed by atoms with E-state index in [9.17, 15) is 9.18 Å². The summed E-state index contributed by atoms with van der Waals surface area (Å²) in [5.74, 6) is -0.177. The summed E-state index contributed by atoms with van der Waals surface area (Å²) in [6.45, 7) is 4.26. The van der Waals surface area contributed by atoms with Gasteiger partial charge in [-0.1, -0.05) is 101 Å². The molecule has 1 fully saturated rings. The molecule has 1 aliphatic rings. The molecule has 0 spiro atoms. The normalized spacial score (nSPS) is 19.0. The van der Waals surface area contributed by atoms with Crippen LogP contribution in [-0.4, -0.2) is 18.2 Å². The highest BCUT2D eigenvalue weighted by molar-refractivity contribution is 5.74. The molecule has 3 heteroatoms. The lowest BCUT2D eigenvalue weighted by molar-refractivity contribution is -0.157. The maximum atomic E-state index is 13.9. The molecule has 0 bridgehead atoms. The molecule has 0 saturated heterocycles. The van der Waals surface area contributed by atoms with Crippen molar-refractivity contribution in [3.63, 3.8) is 0 Å². The van der Waals surface area contributed by atoms with Gasteiger partial charge in [-0.05, 0) is 73.1 Å². The van der Waals surface area contributed by atoms with Gasteiger partial charge in [0.25, 0.3) is 0 Å². The minimum absolute atomic E-state index is 0.131. The van der Waals surface area contributed by atoms with Gasteiger partial charge < -0.3 is 4.74 Å². The third kappa shape index (κ3) is 8.25. The van der Waals surface area contributed by atoms with Gasteiger partial charge in [0.1, 0.15) is 6.10 Å². The van der Waals surface area contributed by atoms with E-state index < -0.39 is 12.1 Å². The first-order chi connectivity index (χ1) is 16.6. The van der Waals surface area contributed by atoms with Crippen molar-refractivity contribution >= 4 is 5.97 Å². The fraction of sp³-hybridized carbons (Fsp3) is 0.581. The molecule has 0 unspecified atom stereocenters. The van der Waals surface area contributed by atoms with Gasteiger partial charge in [-0.2, -0.15) is 0 Å². The standard InChI is InChI=1S/C31H43FO2/c1-3-5-7-8-9-10-24-12-14-25(15-13-24)26-16-18-27(19-17-26)28-20-22-29(23-21-28)34-31(33)30(32)11-6-4-2/h12-19,28-30H,3-11,20-23H2,1-2H3/t28?,29?,30-/m0/s1. The van der Waals surface area contributed by atoms with Crippen LogP contribution in [-0.2, 0) is 16.0 Å². The molecule has 186 valence electrons. The highest BCUT2D eigenvalue weighted by atomic mass is 19.1. The lowest BCUT2D eigenvalue weighted by atomic mass is 9.82. The fourth-order valence-corrected chi connectivity index (χ4v) is 5.00. The Bertz CT molecular complexity index is 835. The van der Waals surface area contributed by atoms with Crippen LogP contribution in [0.3, 0.4) is 0 Å². The number of benzene rings is 2. The van der Waals surface area contributed by atoms with E-state index in [1.54, 1.807) is 0 Å². The average molecular weight is 467 g/mol. The first-order valence-corrected chi connectivity index (χ1v) is 13.6. The van der Waals surface area contributed by atoms with E-state index in [4.69, 9.17) is 4.74 Å². The molecular weight excluding hydrogens is 423 g/mol. The van der Waals surface area contributed by atoms with Gasteiger partial charge >= 0.3 is 5.97 Å². The zero-order valence-electron chi connectivity index (χ0n) is 21.2. The molecule has 34 heavy (non-hydrogen) atoms. The van der Waals surface area contributed by atoms with Crippen molar-refractivity contribution in [2.24, 2.45) is 0 Å². The molecule has 2 aromatic carbocycles. The Hall–Kier alpha value is -2.16. The number of unbranched alkanes of at least 4 members (excludes halogenated alkanes) is 5. The first-order valence-electron chi connectivity index (χ1n) is 13.6. The minimum Gasteiger partial charge on any atom is -0.460 e. The first kappa shape index (κ1) is 26.4. The smallest absolute Gasteiger partial charge is 0.340 e. The molecule has 2 aromatic rings. The van der Waals surface area contributed by atoms with E-state index in [1.165, 1.54) is 60.8 Å². The van der Waals surface area contributed by atoms with E-state index in [0.717, 1.165) is 38.5 Å². The van der Waals surface area contributed by atoms with Crippen molar-refractivity contribution in [2.75, 3.05) is 0 Å². The Balaban J connectivity index is 1.44. The van der Waals surface area contributed by atoms with Crippen LogP contribution in [0.5, 0.6) is 0 Å². The molecule has 0 aromatic heterocycles. The largest absolute Gasteiger partial charge is 0.460 e. The van der Waals surface area contributed by atoms with E-state index in [-0.39, 0.29) is 12.5 Å². The van der Waals surface area contributed by atoms with E-state index in [2.05, 4.69) is 55.5 Å². The van der Waals surface area contributed by atoms with E-state index in [0.29, 0.717) is 5.92 Å². The van der Waals surface area contributed by atoms with Crippen LogP contribution in [0.25, 0.3) is 11.1 Å². The molecule has 1 saturated carbocycles. The highest BCUT2D eigenvalue weighted by Crippen LogP contribution is 2.35.